The van der Waals surface area contributed by atoms with Gasteiger partial charge in [-0.2, -0.15) is 11.3 Å². The number of hydrogen-bond acceptors (Lipinski definition) is 5. The van der Waals surface area contributed by atoms with Crippen molar-refractivity contribution < 1.29 is 9.53 Å². The predicted molar refractivity (Wildman–Crippen MR) is 108 cm³/mol. The first-order valence-electron chi connectivity index (χ1n) is 8.58. The summed E-state index contributed by atoms with van der Waals surface area (Å²) in [5, 5.41) is 5.00. The van der Waals surface area contributed by atoms with Crippen LogP contribution in [0.25, 0.3) is 10.6 Å². The lowest BCUT2D eigenvalue weighted by atomic mass is 9.96. The van der Waals surface area contributed by atoms with Crippen molar-refractivity contribution in [3.05, 3.63) is 50.7 Å². The third-order valence-corrected chi connectivity index (χ3v) is 6.66. The fourth-order valence-corrected chi connectivity index (χ4v) is 5.17. The van der Waals surface area contributed by atoms with Gasteiger partial charge in [-0.1, -0.05) is 6.07 Å². The Labute approximate surface area is 161 Å². The second kappa shape index (κ2) is 6.85. The zero-order valence-corrected chi connectivity index (χ0v) is 16.7. The summed E-state index contributed by atoms with van der Waals surface area (Å²) in [5.41, 5.74) is 5.21. The van der Waals surface area contributed by atoms with Crippen LogP contribution in [0.3, 0.4) is 0 Å². The number of thiophene rings is 1. The number of rotatable bonds is 3. The molecular weight excluding hydrogens is 364 g/mol. The number of nitrogens with zero attached hydrogens (tertiary/aromatic N) is 2. The summed E-state index contributed by atoms with van der Waals surface area (Å²) < 4.78 is 5.57. The van der Waals surface area contributed by atoms with Gasteiger partial charge in [-0.25, -0.2) is 4.98 Å². The van der Waals surface area contributed by atoms with Gasteiger partial charge in [0.15, 0.2) is 0 Å². The molecule has 134 valence electrons. The Morgan fingerprint density at radius 1 is 1.27 bits per heavy atom. The largest absolute Gasteiger partial charge is 0.495 e. The number of aryl methyl sites for hydroxylation is 2. The molecule has 26 heavy (non-hydrogen) atoms. The number of carbonyl (C=O) groups is 1. The van der Waals surface area contributed by atoms with Gasteiger partial charge in [0.1, 0.15) is 15.6 Å². The van der Waals surface area contributed by atoms with Gasteiger partial charge in [-0.15, -0.1) is 11.3 Å². The highest BCUT2D eigenvalue weighted by atomic mass is 32.1. The van der Waals surface area contributed by atoms with E-state index in [4.69, 9.17) is 4.74 Å². The van der Waals surface area contributed by atoms with Crippen LogP contribution in [0.2, 0.25) is 0 Å². The molecule has 0 N–H and O–H groups in total. The van der Waals surface area contributed by atoms with Crippen LogP contribution in [-0.2, 0) is 6.42 Å². The monoisotopic (exact) mass is 384 g/mol. The van der Waals surface area contributed by atoms with E-state index < -0.39 is 0 Å². The molecule has 6 heteroatoms. The van der Waals surface area contributed by atoms with Gasteiger partial charge in [0.05, 0.1) is 18.5 Å². The molecule has 1 aliphatic rings. The van der Waals surface area contributed by atoms with Crippen molar-refractivity contribution in [2.24, 2.45) is 0 Å². The van der Waals surface area contributed by atoms with Crippen LogP contribution in [0, 0.1) is 13.8 Å². The predicted octanol–water partition coefficient (Wildman–Crippen LogP) is 5.09. The molecule has 3 heterocycles. The van der Waals surface area contributed by atoms with Gasteiger partial charge in [0.25, 0.3) is 5.91 Å². The molecule has 1 amide bonds. The number of carbonyl (C=O) groups excluding carboxylic acids is 1. The maximum absolute atomic E-state index is 13.4. The van der Waals surface area contributed by atoms with Gasteiger partial charge >= 0.3 is 0 Å². The Hall–Kier alpha value is -2.18. The average molecular weight is 385 g/mol. The van der Waals surface area contributed by atoms with E-state index in [0.29, 0.717) is 11.4 Å². The van der Waals surface area contributed by atoms with Crippen LogP contribution < -0.4 is 9.64 Å². The van der Waals surface area contributed by atoms with Crippen molar-refractivity contribution in [2.45, 2.75) is 26.7 Å². The SMILES string of the molecule is COc1ccc(C)c2c1N(C(=O)c1sc(-c3ccsc3)nc1C)CCC2. The van der Waals surface area contributed by atoms with Crippen LogP contribution in [0.1, 0.15) is 32.9 Å². The third-order valence-electron chi connectivity index (χ3n) is 4.78. The Morgan fingerprint density at radius 3 is 2.85 bits per heavy atom. The summed E-state index contributed by atoms with van der Waals surface area (Å²) in [6, 6.07) is 6.06. The van der Waals surface area contributed by atoms with Gasteiger partial charge in [-0.05, 0) is 55.3 Å². The number of aromatic nitrogens is 1. The minimum Gasteiger partial charge on any atom is -0.495 e. The van der Waals surface area contributed by atoms with E-state index in [0.717, 1.165) is 40.5 Å². The van der Waals surface area contributed by atoms with E-state index in [2.05, 4.69) is 23.4 Å². The number of benzene rings is 1. The summed E-state index contributed by atoms with van der Waals surface area (Å²) in [5.74, 6) is 0.783. The zero-order valence-electron chi connectivity index (χ0n) is 15.0. The minimum atomic E-state index is 0.0197. The summed E-state index contributed by atoms with van der Waals surface area (Å²) in [6.45, 7) is 4.72. The molecule has 0 unspecified atom stereocenters. The Morgan fingerprint density at radius 2 is 2.12 bits per heavy atom. The second-order valence-electron chi connectivity index (χ2n) is 6.42. The number of anilines is 1. The van der Waals surface area contributed by atoms with E-state index in [1.165, 1.54) is 22.5 Å². The molecule has 0 saturated heterocycles. The number of amides is 1. The van der Waals surface area contributed by atoms with E-state index in [9.17, 15) is 4.79 Å². The van der Waals surface area contributed by atoms with Crippen molar-refractivity contribution in [3.8, 4) is 16.3 Å². The first kappa shape index (κ1) is 17.2. The van der Waals surface area contributed by atoms with Crippen LogP contribution >= 0.6 is 22.7 Å². The second-order valence-corrected chi connectivity index (χ2v) is 8.20. The van der Waals surface area contributed by atoms with Crippen molar-refractivity contribution in [2.75, 3.05) is 18.6 Å². The fourth-order valence-electron chi connectivity index (χ4n) is 3.45. The molecule has 2 aromatic heterocycles. The van der Waals surface area contributed by atoms with E-state index >= 15 is 0 Å². The molecule has 3 aromatic rings. The maximum atomic E-state index is 13.4. The number of methoxy groups -OCH3 is 1. The summed E-state index contributed by atoms with van der Waals surface area (Å²) in [7, 11) is 1.66. The molecule has 0 radical (unpaired) electrons. The van der Waals surface area contributed by atoms with Gasteiger partial charge in [0, 0.05) is 17.5 Å². The number of fused-ring (bicyclic) bond motifs is 1. The standard InChI is InChI=1S/C20H20N2O2S2/c1-12-6-7-16(24-3)17-15(12)5-4-9-22(17)20(23)18-13(2)21-19(26-18)14-8-10-25-11-14/h6-8,10-11H,4-5,9H2,1-3H3. The highest BCUT2D eigenvalue weighted by Gasteiger charge is 2.30. The molecule has 1 aromatic carbocycles. The molecule has 0 aliphatic carbocycles. The number of thiazole rings is 1. The molecule has 4 nitrogen and oxygen atoms in total. The Balaban J connectivity index is 1.76. The normalized spacial score (nSPS) is 13.6. The first-order chi connectivity index (χ1) is 12.6. The Kier molecular flexibility index (Phi) is 4.54. The number of hydrogen-bond donors (Lipinski definition) is 0. The molecule has 4 rings (SSSR count). The van der Waals surface area contributed by atoms with Crippen LogP contribution in [0.15, 0.2) is 29.0 Å². The van der Waals surface area contributed by atoms with Crippen LogP contribution in [0.4, 0.5) is 5.69 Å². The fraction of sp³-hybridized carbons (Fsp3) is 0.300. The highest BCUT2D eigenvalue weighted by Crippen LogP contribution is 2.40. The summed E-state index contributed by atoms with van der Waals surface area (Å²) >= 11 is 3.11. The summed E-state index contributed by atoms with van der Waals surface area (Å²) in [4.78, 5) is 20.6. The highest BCUT2D eigenvalue weighted by molar-refractivity contribution is 7.17. The molecule has 0 bridgehead atoms. The zero-order chi connectivity index (χ0) is 18.3. The van der Waals surface area contributed by atoms with Gasteiger partial charge < -0.3 is 9.64 Å². The molecule has 1 aliphatic heterocycles. The quantitative estimate of drug-likeness (QED) is 0.632. The van der Waals surface area contributed by atoms with Crippen molar-refractivity contribution >= 4 is 34.3 Å². The topological polar surface area (TPSA) is 42.4 Å². The smallest absolute Gasteiger partial charge is 0.270 e. The molecular formula is C20H20N2O2S2. The van der Waals surface area contributed by atoms with Crippen LogP contribution in [-0.4, -0.2) is 24.5 Å². The van der Waals surface area contributed by atoms with Gasteiger partial charge in [-0.3, -0.25) is 4.79 Å². The Bertz CT molecular complexity index is 961. The van der Waals surface area contributed by atoms with E-state index in [1.54, 1.807) is 18.4 Å². The lowest BCUT2D eigenvalue weighted by Crippen LogP contribution is -2.36. The molecule has 0 atom stereocenters. The maximum Gasteiger partial charge on any atom is 0.270 e. The van der Waals surface area contributed by atoms with Crippen molar-refractivity contribution in [1.82, 2.24) is 4.98 Å². The average Bonchev–Trinajstić information content (AvgIpc) is 3.31. The minimum absolute atomic E-state index is 0.0197. The lowest BCUT2D eigenvalue weighted by molar-refractivity contribution is 0.0987. The van der Waals surface area contributed by atoms with Gasteiger partial charge in [0.2, 0.25) is 0 Å². The lowest BCUT2D eigenvalue weighted by Gasteiger charge is -2.31. The van der Waals surface area contributed by atoms with E-state index in [-0.39, 0.29) is 5.91 Å². The first-order valence-corrected chi connectivity index (χ1v) is 10.3. The molecule has 0 spiro atoms. The number of ether oxygens (including phenoxy) is 1. The summed E-state index contributed by atoms with van der Waals surface area (Å²) in [6.07, 6.45) is 1.94. The molecule has 0 saturated carbocycles. The van der Waals surface area contributed by atoms with Crippen molar-refractivity contribution in [3.63, 3.8) is 0 Å². The molecule has 0 fully saturated rings. The van der Waals surface area contributed by atoms with E-state index in [1.807, 2.05) is 29.3 Å². The van der Waals surface area contributed by atoms with Crippen molar-refractivity contribution in [1.29, 1.82) is 0 Å². The third kappa shape index (κ3) is 2.83. The van der Waals surface area contributed by atoms with Crippen LogP contribution in [0.5, 0.6) is 5.75 Å².